The largest absolute Gasteiger partial charge is 0.454 e. The van der Waals surface area contributed by atoms with Gasteiger partial charge >= 0.3 is 0 Å². The average molecular weight is 417 g/mol. The Kier molecular flexibility index (Phi) is 5.87. The highest BCUT2D eigenvalue weighted by atomic mass is 35.5. The van der Waals surface area contributed by atoms with Crippen molar-refractivity contribution in [1.29, 1.82) is 0 Å². The maximum absolute atomic E-state index is 12.5. The Morgan fingerprint density at radius 3 is 2.93 bits per heavy atom. The fraction of sp³-hybridized carbons (Fsp3) is 0.333. The number of carbonyl (C=O) groups is 1. The van der Waals surface area contributed by atoms with Crippen molar-refractivity contribution in [3.63, 3.8) is 0 Å². The molecule has 0 unspecified atom stereocenters. The molecule has 1 amide bonds. The molecule has 4 rings (SSSR count). The molecular formula is C21H21ClN2O5. The molecule has 0 radical (unpaired) electrons. The van der Waals surface area contributed by atoms with E-state index >= 15 is 0 Å². The Hall–Kier alpha value is -2.77. The molecule has 2 heterocycles. The van der Waals surface area contributed by atoms with Crippen molar-refractivity contribution >= 4 is 23.2 Å². The molecule has 0 saturated heterocycles. The minimum Gasteiger partial charge on any atom is -0.454 e. The predicted molar refractivity (Wildman–Crippen MR) is 107 cm³/mol. The molecule has 2 aliphatic rings. The molecule has 0 aromatic heterocycles. The summed E-state index contributed by atoms with van der Waals surface area (Å²) in [5.74, 6) is 1.31. The van der Waals surface area contributed by atoms with Crippen LogP contribution in [0.25, 0.3) is 0 Å². The summed E-state index contributed by atoms with van der Waals surface area (Å²) in [5.41, 5.74) is 2.67. The minimum atomic E-state index is -0.240. The number of hydrogen-bond acceptors (Lipinski definition) is 6. The number of rotatable bonds is 7. The van der Waals surface area contributed by atoms with Crippen molar-refractivity contribution in [3.05, 3.63) is 58.6 Å². The SMILES string of the molecule is COCC(=O)N(Cc1cccc(Cl)c1)C[C@@H]1CC(c2ccc3c(c2)OCO3)=NO1. The fourth-order valence-corrected chi connectivity index (χ4v) is 3.56. The van der Waals surface area contributed by atoms with Gasteiger partial charge in [-0.2, -0.15) is 0 Å². The molecule has 8 heteroatoms. The topological polar surface area (TPSA) is 69.6 Å². The highest BCUT2D eigenvalue weighted by molar-refractivity contribution is 6.30. The van der Waals surface area contributed by atoms with Crippen LogP contribution in [-0.4, -0.2) is 49.7 Å². The number of nitrogens with zero attached hydrogens (tertiary/aromatic N) is 2. The summed E-state index contributed by atoms with van der Waals surface area (Å²) >= 11 is 6.08. The van der Waals surface area contributed by atoms with Crippen LogP contribution in [-0.2, 0) is 20.9 Å². The molecule has 2 aromatic rings. The van der Waals surface area contributed by atoms with Crippen LogP contribution in [0.15, 0.2) is 47.6 Å². The summed E-state index contributed by atoms with van der Waals surface area (Å²) in [4.78, 5) is 19.9. The lowest BCUT2D eigenvalue weighted by Crippen LogP contribution is -2.39. The van der Waals surface area contributed by atoms with E-state index in [9.17, 15) is 4.79 Å². The number of halogens is 1. The summed E-state index contributed by atoms with van der Waals surface area (Å²) in [6, 6.07) is 13.1. The maximum atomic E-state index is 12.5. The quantitative estimate of drug-likeness (QED) is 0.693. The monoisotopic (exact) mass is 416 g/mol. The second-order valence-electron chi connectivity index (χ2n) is 6.87. The zero-order chi connectivity index (χ0) is 20.2. The highest BCUT2D eigenvalue weighted by Crippen LogP contribution is 2.33. The second-order valence-corrected chi connectivity index (χ2v) is 7.31. The Morgan fingerprint density at radius 1 is 1.24 bits per heavy atom. The highest BCUT2D eigenvalue weighted by Gasteiger charge is 2.28. The standard InChI is InChI=1S/C21H21ClN2O5/c1-26-12-21(25)24(10-14-3-2-4-16(22)7-14)11-17-9-18(23-29-17)15-5-6-19-20(8-15)28-13-27-19/h2-8,17H,9-13H2,1H3/t17-/m0/s1. The molecule has 0 aliphatic carbocycles. The fourth-order valence-electron chi connectivity index (χ4n) is 3.34. The van der Waals surface area contributed by atoms with E-state index < -0.39 is 0 Å². The number of oxime groups is 1. The first-order valence-corrected chi connectivity index (χ1v) is 9.64. The van der Waals surface area contributed by atoms with Gasteiger partial charge in [0.25, 0.3) is 0 Å². The van der Waals surface area contributed by atoms with E-state index in [1.54, 1.807) is 11.0 Å². The van der Waals surface area contributed by atoms with Crippen LogP contribution in [0.5, 0.6) is 11.5 Å². The third-order valence-corrected chi connectivity index (χ3v) is 4.98. The minimum absolute atomic E-state index is 0.00314. The summed E-state index contributed by atoms with van der Waals surface area (Å²) in [5, 5.41) is 4.85. The third-order valence-electron chi connectivity index (χ3n) is 4.75. The lowest BCUT2D eigenvalue weighted by molar-refractivity contribution is -0.137. The maximum Gasteiger partial charge on any atom is 0.248 e. The van der Waals surface area contributed by atoms with Gasteiger partial charge in [0.15, 0.2) is 17.6 Å². The van der Waals surface area contributed by atoms with Crippen LogP contribution in [0.1, 0.15) is 17.5 Å². The lowest BCUT2D eigenvalue weighted by atomic mass is 10.0. The van der Waals surface area contributed by atoms with E-state index in [0.29, 0.717) is 30.3 Å². The molecule has 0 fully saturated rings. The van der Waals surface area contributed by atoms with E-state index in [0.717, 1.165) is 22.6 Å². The summed E-state index contributed by atoms with van der Waals surface area (Å²) in [7, 11) is 1.50. The van der Waals surface area contributed by atoms with Gasteiger partial charge in [0.1, 0.15) is 6.61 Å². The second kappa shape index (κ2) is 8.71. The normalized spacial score (nSPS) is 17.0. The molecule has 2 aliphatic heterocycles. The first-order valence-electron chi connectivity index (χ1n) is 9.26. The number of ether oxygens (including phenoxy) is 3. The molecule has 0 bridgehead atoms. The van der Waals surface area contributed by atoms with Gasteiger partial charge in [-0.3, -0.25) is 4.79 Å². The molecule has 2 aromatic carbocycles. The van der Waals surface area contributed by atoms with E-state index in [4.69, 9.17) is 30.6 Å². The number of carbonyl (C=O) groups excluding carboxylic acids is 1. The van der Waals surface area contributed by atoms with Gasteiger partial charge in [0.2, 0.25) is 12.7 Å². The van der Waals surface area contributed by atoms with Crippen LogP contribution >= 0.6 is 11.6 Å². The van der Waals surface area contributed by atoms with Crippen molar-refractivity contribution in [1.82, 2.24) is 4.90 Å². The zero-order valence-corrected chi connectivity index (χ0v) is 16.7. The van der Waals surface area contributed by atoms with Crippen molar-refractivity contribution in [3.8, 4) is 11.5 Å². The number of amides is 1. The molecule has 1 atom stereocenters. The number of methoxy groups -OCH3 is 1. The van der Waals surface area contributed by atoms with Crippen molar-refractivity contribution < 1.29 is 23.8 Å². The van der Waals surface area contributed by atoms with Gasteiger partial charge in [-0.1, -0.05) is 28.9 Å². The van der Waals surface area contributed by atoms with Gasteiger partial charge in [-0.15, -0.1) is 0 Å². The summed E-state index contributed by atoms with van der Waals surface area (Å²) in [6.45, 7) is 1.04. The number of hydrogen-bond donors (Lipinski definition) is 0. The Balaban J connectivity index is 1.42. The van der Waals surface area contributed by atoms with Crippen molar-refractivity contribution in [2.24, 2.45) is 5.16 Å². The van der Waals surface area contributed by atoms with Gasteiger partial charge in [-0.05, 0) is 35.9 Å². The van der Waals surface area contributed by atoms with E-state index in [2.05, 4.69) is 5.16 Å². The van der Waals surface area contributed by atoms with Gasteiger partial charge in [0.05, 0.1) is 12.3 Å². The molecule has 0 spiro atoms. The van der Waals surface area contributed by atoms with Crippen LogP contribution < -0.4 is 9.47 Å². The Labute approximate surface area is 173 Å². The van der Waals surface area contributed by atoms with Crippen LogP contribution in [0.2, 0.25) is 5.02 Å². The van der Waals surface area contributed by atoms with Crippen molar-refractivity contribution in [2.45, 2.75) is 19.1 Å². The van der Waals surface area contributed by atoms with E-state index in [1.807, 2.05) is 36.4 Å². The number of benzene rings is 2. The Bertz CT molecular complexity index is 933. The molecular weight excluding hydrogens is 396 g/mol. The molecule has 7 nitrogen and oxygen atoms in total. The van der Waals surface area contributed by atoms with E-state index in [1.165, 1.54) is 7.11 Å². The predicted octanol–water partition coefficient (Wildman–Crippen LogP) is 3.24. The van der Waals surface area contributed by atoms with Crippen LogP contribution in [0, 0.1) is 0 Å². The van der Waals surface area contributed by atoms with E-state index in [-0.39, 0.29) is 25.4 Å². The van der Waals surface area contributed by atoms with Gasteiger partial charge in [0, 0.05) is 30.7 Å². The molecule has 152 valence electrons. The first-order chi connectivity index (χ1) is 14.1. The lowest BCUT2D eigenvalue weighted by Gasteiger charge is -2.25. The van der Waals surface area contributed by atoms with Crippen LogP contribution in [0.4, 0.5) is 0 Å². The Morgan fingerprint density at radius 2 is 2.10 bits per heavy atom. The zero-order valence-electron chi connectivity index (χ0n) is 16.0. The number of fused-ring (bicyclic) bond motifs is 1. The smallest absolute Gasteiger partial charge is 0.248 e. The van der Waals surface area contributed by atoms with Crippen LogP contribution in [0.3, 0.4) is 0 Å². The summed E-state index contributed by atoms with van der Waals surface area (Å²) in [6.07, 6.45) is 0.349. The average Bonchev–Trinajstić information content (AvgIpc) is 3.36. The molecule has 0 N–H and O–H groups in total. The van der Waals surface area contributed by atoms with Crippen molar-refractivity contribution in [2.75, 3.05) is 27.1 Å². The molecule has 29 heavy (non-hydrogen) atoms. The first kappa shape index (κ1) is 19.5. The molecule has 0 saturated carbocycles. The third kappa shape index (κ3) is 4.63. The van der Waals surface area contributed by atoms with Gasteiger partial charge in [-0.25, -0.2) is 0 Å². The summed E-state index contributed by atoms with van der Waals surface area (Å²) < 4.78 is 15.8. The van der Waals surface area contributed by atoms with Gasteiger partial charge < -0.3 is 23.9 Å².